The van der Waals surface area contributed by atoms with Gasteiger partial charge in [-0.25, -0.2) is 9.07 Å². The van der Waals surface area contributed by atoms with Gasteiger partial charge in [0, 0.05) is 29.0 Å². The van der Waals surface area contributed by atoms with Crippen LogP contribution in [-0.2, 0) is 10.5 Å². The maximum Gasteiger partial charge on any atom is 0.227 e. The van der Waals surface area contributed by atoms with Crippen LogP contribution < -0.4 is 10.1 Å². The number of Topliss-reactive ketones (excluding diaryl/α,β-unsaturated/α-hetero) is 1. The van der Waals surface area contributed by atoms with Crippen molar-refractivity contribution in [1.82, 2.24) is 14.8 Å². The molecule has 1 unspecified atom stereocenters. The summed E-state index contributed by atoms with van der Waals surface area (Å²) < 4.78 is 21.0. The van der Waals surface area contributed by atoms with Crippen molar-refractivity contribution in [2.24, 2.45) is 5.41 Å². The van der Waals surface area contributed by atoms with E-state index in [1.54, 1.807) is 17.9 Å². The first-order valence-corrected chi connectivity index (χ1v) is 11.8. The van der Waals surface area contributed by atoms with Crippen LogP contribution in [0.3, 0.4) is 0 Å². The highest BCUT2D eigenvalue weighted by Gasteiger charge is 2.42. The van der Waals surface area contributed by atoms with Crippen LogP contribution in [0.2, 0.25) is 0 Å². The number of carbonyl (C=O) groups excluding carboxylic acids is 1. The molecular formula is C25H25FN4O2S. The molecule has 0 spiro atoms. The Bertz CT molecular complexity index is 1270. The molecule has 0 radical (unpaired) electrons. The summed E-state index contributed by atoms with van der Waals surface area (Å²) in [6, 6.07) is 13.8. The van der Waals surface area contributed by atoms with E-state index < -0.39 is 6.04 Å². The molecule has 0 fully saturated rings. The third-order valence-corrected chi connectivity index (χ3v) is 6.91. The number of ketones is 1. The van der Waals surface area contributed by atoms with Crippen molar-refractivity contribution in [3.05, 3.63) is 76.7 Å². The quantitative estimate of drug-likeness (QED) is 0.512. The lowest BCUT2D eigenvalue weighted by molar-refractivity contribution is -0.118. The molecule has 1 N–H and O–H groups in total. The molecule has 3 aromatic rings. The molecule has 0 bridgehead atoms. The van der Waals surface area contributed by atoms with Gasteiger partial charge in [-0.3, -0.25) is 4.79 Å². The fourth-order valence-electron chi connectivity index (χ4n) is 4.61. The predicted molar refractivity (Wildman–Crippen MR) is 126 cm³/mol. The molecule has 6 nitrogen and oxygen atoms in total. The highest BCUT2D eigenvalue weighted by Crippen LogP contribution is 2.47. The van der Waals surface area contributed by atoms with Crippen LogP contribution in [0.1, 0.15) is 43.9 Å². The summed E-state index contributed by atoms with van der Waals surface area (Å²) >= 11 is 1.43. The second-order valence-corrected chi connectivity index (χ2v) is 10.1. The number of allylic oxidation sites excluding steroid dienone is 2. The summed E-state index contributed by atoms with van der Waals surface area (Å²) in [5.74, 6) is 1.68. The maximum absolute atomic E-state index is 13.6. The van der Waals surface area contributed by atoms with Crippen molar-refractivity contribution in [2.75, 3.05) is 12.4 Å². The number of rotatable bonds is 5. The van der Waals surface area contributed by atoms with Gasteiger partial charge in [-0.2, -0.15) is 4.98 Å². The van der Waals surface area contributed by atoms with Crippen LogP contribution in [0.4, 0.5) is 10.3 Å². The van der Waals surface area contributed by atoms with E-state index in [9.17, 15) is 9.18 Å². The van der Waals surface area contributed by atoms with Gasteiger partial charge in [-0.1, -0.05) is 55.9 Å². The zero-order valence-corrected chi connectivity index (χ0v) is 19.6. The minimum atomic E-state index is -0.424. The number of fused-ring (bicyclic) bond motifs is 1. The fourth-order valence-corrected chi connectivity index (χ4v) is 5.38. The number of anilines is 1. The minimum Gasteiger partial charge on any atom is -0.496 e. The first kappa shape index (κ1) is 21.7. The number of thioether (sulfide) groups is 1. The molecule has 0 amide bonds. The normalized spacial score (nSPS) is 19.0. The summed E-state index contributed by atoms with van der Waals surface area (Å²) in [5.41, 5.74) is 3.21. The van der Waals surface area contributed by atoms with Gasteiger partial charge in [0.15, 0.2) is 5.78 Å². The van der Waals surface area contributed by atoms with E-state index in [1.165, 1.54) is 23.9 Å². The van der Waals surface area contributed by atoms with Gasteiger partial charge >= 0.3 is 0 Å². The van der Waals surface area contributed by atoms with Gasteiger partial charge in [0.2, 0.25) is 11.1 Å². The van der Waals surface area contributed by atoms with Gasteiger partial charge in [0.05, 0.1) is 7.11 Å². The van der Waals surface area contributed by atoms with Gasteiger partial charge in [-0.05, 0) is 35.6 Å². The lowest BCUT2D eigenvalue weighted by Gasteiger charge is -2.38. The van der Waals surface area contributed by atoms with Gasteiger partial charge in [0.25, 0.3) is 0 Å². The van der Waals surface area contributed by atoms with E-state index in [1.807, 2.05) is 30.3 Å². The fraction of sp³-hybridized carbons (Fsp3) is 0.320. The molecule has 0 saturated heterocycles. The Morgan fingerprint density at radius 1 is 1.21 bits per heavy atom. The molecule has 1 aliphatic carbocycles. The number of halogens is 1. The smallest absolute Gasteiger partial charge is 0.227 e. The topological polar surface area (TPSA) is 69.0 Å². The second-order valence-electron chi connectivity index (χ2n) is 9.18. The number of aromatic nitrogens is 3. The van der Waals surface area contributed by atoms with Crippen LogP contribution in [0.25, 0.3) is 0 Å². The van der Waals surface area contributed by atoms with Crippen molar-refractivity contribution < 1.29 is 13.9 Å². The third-order valence-electron chi connectivity index (χ3n) is 6.00. The number of benzene rings is 2. The summed E-state index contributed by atoms with van der Waals surface area (Å²) in [7, 11) is 1.63. The molecule has 5 rings (SSSR count). The monoisotopic (exact) mass is 464 g/mol. The molecule has 2 heterocycles. The van der Waals surface area contributed by atoms with Crippen LogP contribution in [0, 0.1) is 11.2 Å². The Hall–Kier alpha value is -3.13. The highest BCUT2D eigenvalue weighted by molar-refractivity contribution is 7.98. The largest absolute Gasteiger partial charge is 0.496 e. The number of ether oxygens (including phenoxy) is 1. The van der Waals surface area contributed by atoms with Gasteiger partial charge in [0.1, 0.15) is 17.6 Å². The highest BCUT2D eigenvalue weighted by atomic mass is 32.2. The maximum atomic E-state index is 13.6. The standard InChI is InChI=1S/C25H25FN4O2S/c1-25(2)12-18-21(19(31)13-25)22(17-9-4-5-10-20(17)32-3)30-23(27-18)28-24(29-30)33-14-15-7-6-8-16(26)11-15/h4-11,22H,12-14H2,1-3H3,(H,27,28,29). The second kappa shape index (κ2) is 8.33. The summed E-state index contributed by atoms with van der Waals surface area (Å²) in [6.45, 7) is 4.21. The first-order chi connectivity index (χ1) is 15.8. The first-order valence-electron chi connectivity index (χ1n) is 10.8. The minimum absolute atomic E-state index is 0.111. The molecule has 1 aliphatic heterocycles. The van der Waals surface area contributed by atoms with Crippen LogP contribution in [0.15, 0.2) is 65.0 Å². The Morgan fingerprint density at radius 3 is 2.82 bits per heavy atom. The number of hydrogen-bond acceptors (Lipinski definition) is 6. The van der Waals surface area contributed by atoms with E-state index in [4.69, 9.17) is 14.8 Å². The number of carbonyl (C=O) groups is 1. The summed E-state index contributed by atoms with van der Waals surface area (Å²) in [6.07, 6.45) is 1.22. The van der Waals surface area contributed by atoms with Crippen molar-refractivity contribution >= 4 is 23.5 Å². The summed E-state index contributed by atoms with van der Waals surface area (Å²) in [4.78, 5) is 18.1. The average Bonchev–Trinajstić information content (AvgIpc) is 3.18. The molecule has 2 aromatic carbocycles. The van der Waals surface area contributed by atoms with E-state index in [2.05, 4.69) is 19.2 Å². The third kappa shape index (κ3) is 4.15. The zero-order valence-electron chi connectivity index (χ0n) is 18.8. The number of nitrogens with one attached hydrogen (secondary N) is 1. The average molecular weight is 465 g/mol. The predicted octanol–water partition coefficient (Wildman–Crippen LogP) is 5.38. The van der Waals surface area contributed by atoms with Gasteiger partial charge < -0.3 is 10.1 Å². The molecule has 1 aromatic heterocycles. The Morgan fingerprint density at radius 2 is 2.03 bits per heavy atom. The van der Waals surface area contributed by atoms with Crippen molar-refractivity contribution in [1.29, 1.82) is 0 Å². The van der Waals surface area contributed by atoms with Crippen LogP contribution in [-0.4, -0.2) is 27.7 Å². The zero-order chi connectivity index (χ0) is 23.2. The molecular weight excluding hydrogens is 439 g/mol. The van der Waals surface area contributed by atoms with Crippen molar-refractivity contribution in [3.63, 3.8) is 0 Å². The molecule has 2 aliphatic rings. The van der Waals surface area contributed by atoms with E-state index in [-0.39, 0.29) is 17.0 Å². The molecule has 170 valence electrons. The van der Waals surface area contributed by atoms with E-state index in [0.717, 1.165) is 28.8 Å². The molecule has 33 heavy (non-hydrogen) atoms. The van der Waals surface area contributed by atoms with Crippen molar-refractivity contribution in [3.8, 4) is 5.75 Å². The summed E-state index contributed by atoms with van der Waals surface area (Å²) in [5, 5.41) is 8.70. The van der Waals surface area contributed by atoms with Crippen LogP contribution in [0.5, 0.6) is 5.75 Å². The molecule has 8 heteroatoms. The number of nitrogens with zero attached hydrogens (tertiary/aromatic N) is 3. The number of hydrogen-bond donors (Lipinski definition) is 1. The Kier molecular flexibility index (Phi) is 5.48. The number of para-hydroxylation sites is 1. The lowest BCUT2D eigenvalue weighted by Crippen LogP contribution is -2.36. The number of methoxy groups -OCH3 is 1. The van der Waals surface area contributed by atoms with Crippen molar-refractivity contribution in [2.45, 2.75) is 43.6 Å². The SMILES string of the molecule is COc1ccccc1C1C2=C(CC(C)(C)CC2=O)Nc2nc(SCc3cccc(F)c3)nn21. The Balaban J connectivity index is 1.56. The van der Waals surface area contributed by atoms with Crippen LogP contribution >= 0.6 is 11.8 Å². The van der Waals surface area contributed by atoms with Gasteiger partial charge in [-0.15, -0.1) is 5.10 Å². The van der Waals surface area contributed by atoms with E-state index in [0.29, 0.717) is 29.0 Å². The molecule has 1 atom stereocenters. The Labute approximate surface area is 196 Å². The lowest BCUT2D eigenvalue weighted by atomic mass is 9.73. The van der Waals surface area contributed by atoms with E-state index >= 15 is 0 Å². The molecule has 0 saturated carbocycles.